The summed E-state index contributed by atoms with van der Waals surface area (Å²) in [6.45, 7) is 0. The molecule has 0 aliphatic heterocycles. The maximum absolute atomic E-state index is 9.88. The lowest BCUT2D eigenvalue weighted by molar-refractivity contribution is 0.304. The van der Waals surface area contributed by atoms with Crippen LogP contribution in [0.5, 0.6) is 0 Å². The fourth-order valence-electron chi connectivity index (χ4n) is 1.94. The van der Waals surface area contributed by atoms with E-state index in [1.54, 1.807) is 0 Å². The Balaban J connectivity index is 1.94. The molecule has 0 fully saturated rings. The number of aryl methyl sites for hydroxylation is 1. The van der Waals surface area contributed by atoms with Crippen LogP contribution in [0.25, 0.3) is 0 Å². The number of allylic oxidation sites excluding steroid dienone is 2. The lowest BCUT2D eigenvalue weighted by atomic mass is 10.1. The van der Waals surface area contributed by atoms with Crippen LogP contribution in [0, 0.1) is 0 Å². The van der Waals surface area contributed by atoms with E-state index < -0.39 is 0 Å². The van der Waals surface area contributed by atoms with Crippen molar-refractivity contribution in [2.75, 3.05) is 0 Å². The van der Waals surface area contributed by atoms with Gasteiger partial charge in [-0.3, -0.25) is 0 Å². The Hall–Kier alpha value is -2.22. The lowest BCUT2D eigenvalue weighted by Crippen LogP contribution is -1.97. The maximum atomic E-state index is 9.88. The molecule has 2 nitrogen and oxygen atoms in total. The molecule has 0 aliphatic rings. The van der Waals surface area contributed by atoms with Crippen LogP contribution in [0.2, 0.25) is 0 Å². The molecule has 0 saturated carbocycles. The Morgan fingerprint density at radius 1 is 0.684 bits per heavy atom. The van der Waals surface area contributed by atoms with Gasteiger partial charge in [-0.25, -0.2) is 0 Å². The molecule has 19 heavy (non-hydrogen) atoms. The number of aliphatic hydroxyl groups is 2. The third-order valence-corrected chi connectivity index (χ3v) is 3.04. The van der Waals surface area contributed by atoms with E-state index in [0.29, 0.717) is 12.8 Å². The molecular formula is C17H18O2. The zero-order chi connectivity index (χ0) is 13.5. The van der Waals surface area contributed by atoms with Crippen LogP contribution in [-0.4, -0.2) is 10.2 Å². The molecule has 2 N–H and O–H groups in total. The summed E-state index contributed by atoms with van der Waals surface area (Å²) in [6, 6.07) is 19.6. The van der Waals surface area contributed by atoms with Gasteiger partial charge in [0, 0.05) is 12.8 Å². The lowest BCUT2D eigenvalue weighted by Gasteiger charge is -2.06. The standard InChI is InChI=1S/C17H18O2/c18-16(12-11-14-7-3-1-4-8-14)17(19)13-15-9-5-2-6-10-15/h1-10,18-19H,11-13H2. The molecular weight excluding hydrogens is 236 g/mol. The summed E-state index contributed by atoms with van der Waals surface area (Å²) in [4.78, 5) is 0. The van der Waals surface area contributed by atoms with Gasteiger partial charge in [0.05, 0.1) is 0 Å². The minimum absolute atomic E-state index is 0.0575. The fourth-order valence-corrected chi connectivity index (χ4v) is 1.94. The molecule has 0 bridgehead atoms. The number of hydrogen-bond acceptors (Lipinski definition) is 2. The van der Waals surface area contributed by atoms with Crippen molar-refractivity contribution >= 4 is 0 Å². The van der Waals surface area contributed by atoms with Gasteiger partial charge in [-0.15, -0.1) is 0 Å². The topological polar surface area (TPSA) is 40.5 Å². The van der Waals surface area contributed by atoms with Gasteiger partial charge in [-0.05, 0) is 17.5 Å². The predicted octanol–water partition coefficient (Wildman–Crippen LogP) is 4.19. The number of aliphatic hydroxyl groups excluding tert-OH is 2. The van der Waals surface area contributed by atoms with E-state index >= 15 is 0 Å². The molecule has 0 aliphatic carbocycles. The molecule has 0 heterocycles. The Morgan fingerprint density at radius 3 is 1.79 bits per heavy atom. The Kier molecular flexibility index (Phi) is 4.62. The molecule has 0 amide bonds. The second-order valence-electron chi connectivity index (χ2n) is 4.54. The van der Waals surface area contributed by atoms with E-state index in [2.05, 4.69) is 0 Å². The van der Waals surface area contributed by atoms with Crippen LogP contribution in [0.15, 0.2) is 72.2 Å². The summed E-state index contributed by atoms with van der Waals surface area (Å²) in [5.74, 6) is 0.134. The van der Waals surface area contributed by atoms with Gasteiger partial charge in [0.25, 0.3) is 0 Å². The van der Waals surface area contributed by atoms with Crippen molar-refractivity contribution in [2.45, 2.75) is 19.3 Å². The highest BCUT2D eigenvalue weighted by atomic mass is 16.3. The van der Waals surface area contributed by atoms with Gasteiger partial charge < -0.3 is 10.2 Å². The number of hydrogen-bond donors (Lipinski definition) is 2. The minimum atomic E-state index is 0.0575. The highest BCUT2D eigenvalue weighted by molar-refractivity contribution is 5.21. The largest absolute Gasteiger partial charge is 0.509 e. The van der Waals surface area contributed by atoms with Crippen LogP contribution < -0.4 is 0 Å². The van der Waals surface area contributed by atoms with Crippen molar-refractivity contribution in [3.8, 4) is 0 Å². The van der Waals surface area contributed by atoms with Crippen LogP contribution in [0.4, 0.5) is 0 Å². The van der Waals surface area contributed by atoms with Gasteiger partial charge in [0.2, 0.25) is 0 Å². The van der Waals surface area contributed by atoms with Gasteiger partial charge in [-0.1, -0.05) is 60.7 Å². The van der Waals surface area contributed by atoms with Crippen LogP contribution >= 0.6 is 0 Å². The van der Waals surface area contributed by atoms with Crippen molar-refractivity contribution in [2.24, 2.45) is 0 Å². The summed E-state index contributed by atoms with van der Waals surface area (Å²) in [5.41, 5.74) is 2.15. The van der Waals surface area contributed by atoms with Gasteiger partial charge in [-0.2, -0.15) is 0 Å². The second kappa shape index (κ2) is 6.64. The van der Waals surface area contributed by atoms with E-state index in [4.69, 9.17) is 0 Å². The van der Waals surface area contributed by atoms with Crippen LogP contribution in [0.1, 0.15) is 17.5 Å². The molecule has 98 valence electrons. The fraction of sp³-hybridized carbons (Fsp3) is 0.176. The first-order valence-electron chi connectivity index (χ1n) is 6.43. The average Bonchev–Trinajstić information content (AvgIpc) is 2.47. The first-order valence-corrected chi connectivity index (χ1v) is 6.43. The molecule has 0 aromatic heterocycles. The molecule has 2 rings (SSSR count). The van der Waals surface area contributed by atoms with Crippen LogP contribution in [-0.2, 0) is 12.8 Å². The summed E-state index contributed by atoms with van der Waals surface area (Å²) in [5, 5.41) is 19.7. The number of benzene rings is 2. The van der Waals surface area contributed by atoms with E-state index in [0.717, 1.165) is 17.5 Å². The first-order chi connectivity index (χ1) is 9.25. The second-order valence-corrected chi connectivity index (χ2v) is 4.54. The van der Waals surface area contributed by atoms with Crippen molar-refractivity contribution < 1.29 is 10.2 Å². The SMILES string of the molecule is OC(CCc1ccccc1)=C(O)Cc1ccccc1. The van der Waals surface area contributed by atoms with Gasteiger partial charge in [0.15, 0.2) is 0 Å². The highest BCUT2D eigenvalue weighted by Gasteiger charge is 2.05. The Bertz CT molecular complexity index is 530. The molecule has 0 unspecified atom stereocenters. The highest BCUT2D eigenvalue weighted by Crippen LogP contribution is 2.13. The average molecular weight is 254 g/mol. The zero-order valence-corrected chi connectivity index (χ0v) is 10.8. The van der Waals surface area contributed by atoms with Crippen LogP contribution in [0.3, 0.4) is 0 Å². The van der Waals surface area contributed by atoms with Crippen molar-refractivity contribution in [3.05, 3.63) is 83.3 Å². The summed E-state index contributed by atoms with van der Waals surface area (Å²) in [6.07, 6.45) is 1.57. The third kappa shape index (κ3) is 4.18. The summed E-state index contributed by atoms with van der Waals surface area (Å²) < 4.78 is 0. The molecule has 0 spiro atoms. The quantitative estimate of drug-likeness (QED) is 0.785. The number of rotatable bonds is 5. The molecule has 0 radical (unpaired) electrons. The van der Waals surface area contributed by atoms with E-state index in [1.165, 1.54) is 0 Å². The predicted molar refractivity (Wildman–Crippen MR) is 77.2 cm³/mol. The van der Waals surface area contributed by atoms with Gasteiger partial charge >= 0.3 is 0 Å². The smallest absolute Gasteiger partial charge is 0.134 e. The van der Waals surface area contributed by atoms with Crippen molar-refractivity contribution in [3.63, 3.8) is 0 Å². The molecule has 2 aromatic carbocycles. The Morgan fingerprint density at radius 2 is 1.21 bits per heavy atom. The van der Waals surface area contributed by atoms with Crippen molar-refractivity contribution in [1.29, 1.82) is 0 Å². The van der Waals surface area contributed by atoms with E-state index in [1.807, 2.05) is 60.7 Å². The molecule has 2 aromatic rings. The monoisotopic (exact) mass is 254 g/mol. The maximum Gasteiger partial charge on any atom is 0.134 e. The minimum Gasteiger partial charge on any atom is -0.509 e. The third-order valence-electron chi connectivity index (χ3n) is 3.04. The zero-order valence-electron chi connectivity index (χ0n) is 10.8. The van der Waals surface area contributed by atoms with E-state index in [9.17, 15) is 10.2 Å². The first kappa shape index (κ1) is 13.2. The van der Waals surface area contributed by atoms with E-state index in [-0.39, 0.29) is 11.5 Å². The normalized spacial score (nSPS) is 12.0. The summed E-state index contributed by atoms with van der Waals surface area (Å²) >= 11 is 0. The Labute approximate surface area is 113 Å². The van der Waals surface area contributed by atoms with Gasteiger partial charge in [0.1, 0.15) is 11.5 Å². The summed E-state index contributed by atoms with van der Waals surface area (Å²) in [7, 11) is 0. The molecule has 2 heteroatoms. The van der Waals surface area contributed by atoms with Crippen molar-refractivity contribution in [1.82, 2.24) is 0 Å². The molecule has 0 saturated heterocycles. The molecule has 0 atom stereocenters.